The van der Waals surface area contributed by atoms with Gasteiger partial charge in [0.25, 0.3) is 5.91 Å². The molecule has 1 saturated heterocycles. The summed E-state index contributed by atoms with van der Waals surface area (Å²) in [6, 6.07) is 14.4. The number of hydrogen-bond acceptors (Lipinski definition) is 3. The highest BCUT2D eigenvalue weighted by atomic mass is 19.1. The van der Waals surface area contributed by atoms with Gasteiger partial charge in [-0.3, -0.25) is 14.8 Å². The van der Waals surface area contributed by atoms with Gasteiger partial charge in [0.1, 0.15) is 17.3 Å². The normalized spacial score (nSPS) is 15.1. The fraction of sp³-hybridized carbons (Fsp3) is 0.273. The second kappa shape index (κ2) is 8.13. The number of hydrogen-bond donors (Lipinski definition) is 1. The number of nitrogens with one attached hydrogen (secondary N) is 1. The quantitative estimate of drug-likeness (QED) is 0.734. The Bertz CT molecular complexity index is 931. The van der Waals surface area contributed by atoms with Crippen LogP contribution in [0.3, 0.4) is 0 Å². The predicted octanol–water partition coefficient (Wildman–Crippen LogP) is 3.54. The van der Waals surface area contributed by atoms with E-state index in [4.69, 9.17) is 0 Å². The van der Waals surface area contributed by atoms with Crippen LogP contribution >= 0.6 is 0 Å². The van der Waals surface area contributed by atoms with Crippen molar-refractivity contribution >= 4 is 5.91 Å². The lowest BCUT2D eigenvalue weighted by molar-refractivity contribution is 0.0591. The number of nitrogens with zero attached hydrogens (tertiary/aromatic N) is 3. The highest BCUT2D eigenvalue weighted by Crippen LogP contribution is 2.30. The van der Waals surface area contributed by atoms with Crippen LogP contribution in [0.5, 0.6) is 0 Å². The third kappa shape index (κ3) is 4.19. The lowest BCUT2D eigenvalue weighted by Crippen LogP contribution is -2.50. The summed E-state index contributed by atoms with van der Waals surface area (Å²) in [7, 11) is 0. The molecule has 0 spiro atoms. The Balaban J connectivity index is 1.54. The maximum absolute atomic E-state index is 13.4. The lowest BCUT2D eigenvalue weighted by Gasteiger charge is -2.39. The topological polar surface area (TPSA) is 52.2 Å². The first-order valence-electron chi connectivity index (χ1n) is 9.57. The van der Waals surface area contributed by atoms with Crippen molar-refractivity contribution < 1.29 is 13.6 Å². The highest BCUT2D eigenvalue weighted by molar-refractivity contribution is 5.92. The molecule has 29 heavy (non-hydrogen) atoms. The van der Waals surface area contributed by atoms with Gasteiger partial charge in [0.05, 0.1) is 6.04 Å². The van der Waals surface area contributed by atoms with Crippen LogP contribution in [-0.4, -0.2) is 52.1 Å². The molecule has 7 heteroatoms. The highest BCUT2D eigenvalue weighted by Gasteiger charge is 2.29. The average molecular weight is 396 g/mol. The van der Waals surface area contributed by atoms with E-state index in [1.165, 1.54) is 24.3 Å². The second-order valence-electron chi connectivity index (χ2n) is 7.27. The van der Waals surface area contributed by atoms with E-state index < -0.39 is 0 Å². The molecule has 1 fully saturated rings. The van der Waals surface area contributed by atoms with Gasteiger partial charge in [-0.1, -0.05) is 24.3 Å². The van der Waals surface area contributed by atoms with Gasteiger partial charge in [-0.2, -0.15) is 5.10 Å². The molecule has 0 aliphatic carbocycles. The van der Waals surface area contributed by atoms with Gasteiger partial charge in [-0.05, 0) is 48.4 Å². The van der Waals surface area contributed by atoms with Crippen molar-refractivity contribution in [3.63, 3.8) is 0 Å². The number of rotatable bonds is 4. The Morgan fingerprint density at radius 1 is 0.931 bits per heavy atom. The van der Waals surface area contributed by atoms with Gasteiger partial charge in [0, 0.05) is 31.9 Å². The van der Waals surface area contributed by atoms with E-state index in [0.717, 1.165) is 16.8 Å². The Morgan fingerprint density at radius 2 is 1.45 bits per heavy atom. The molecule has 5 nitrogen and oxygen atoms in total. The molecular weight excluding hydrogens is 374 g/mol. The van der Waals surface area contributed by atoms with Crippen LogP contribution in [0.15, 0.2) is 54.6 Å². The molecule has 0 saturated carbocycles. The van der Waals surface area contributed by atoms with Gasteiger partial charge in [0.2, 0.25) is 0 Å². The summed E-state index contributed by atoms with van der Waals surface area (Å²) in [5.41, 5.74) is 3.13. The van der Waals surface area contributed by atoms with E-state index in [1.54, 1.807) is 35.2 Å². The van der Waals surface area contributed by atoms with Gasteiger partial charge >= 0.3 is 0 Å². The molecule has 1 aliphatic rings. The van der Waals surface area contributed by atoms with Gasteiger partial charge in [0.15, 0.2) is 0 Å². The molecule has 1 aromatic heterocycles. The molecular formula is C22H22F2N4O. The molecule has 150 valence electrons. The average Bonchev–Trinajstić information content (AvgIpc) is 3.17. The van der Waals surface area contributed by atoms with Crippen molar-refractivity contribution in [2.45, 2.75) is 13.0 Å². The standard InChI is InChI=1S/C22H22F2N4O/c1-15-14-20(26-25-15)22(29)28-12-10-27(11-13-28)21(16-2-6-18(23)7-3-16)17-4-8-19(24)9-5-17/h2-9,14,21H,10-13H2,1H3,(H,25,26). The van der Waals surface area contributed by atoms with E-state index in [1.807, 2.05) is 6.92 Å². The predicted molar refractivity (Wildman–Crippen MR) is 105 cm³/mol. The minimum Gasteiger partial charge on any atom is -0.335 e. The monoisotopic (exact) mass is 396 g/mol. The first kappa shape index (κ1) is 19.3. The van der Waals surface area contributed by atoms with Crippen LogP contribution in [0.4, 0.5) is 8.78 Å². The minimum absolute atomic E-state index is 0.0888. The van der Waals surface area contributed by atoms with E-state index in [9.17, 15) is 13.6 Å². The van der Waals surface area contributed by atoms with Gasteiger partial charge in [-0.25, -0.2) is 8.78 Å². The van der Waals surface area contributed by atoms with E-state index in [0.29, 0.717) is 31.9 Å². The summed E-state index contributed by atoms with van der Waals surface area (Å²) >= 11 is 0. The Kier molecular flexibility index (Phi) is 5.40. The smallest absolute Gasteiger partial charge is 0.274 e. The van der Waals surface area contributed by atoms with Crippen molar-refractivity contribution in [1.82, 2.24) is 20.0 Å². The van der Waals surface area contributed by atoms with Gasteiger partial charge in [-0.15, -0.1) is 0 Å². The molecule has 2 heterocycles. The summed E-state index contributed by atoms with van der Waals surface area (Å²) in [5.74, 6) is -0.679. The van der Waals surface area contributed by atoms with Crippen molar-refractivity contribution in [3.8, 4) is 0 Å². The second-order valence-corrected chi connectivity index (χ2v) is 7.27. The van der Waals surface area contributed by atoms with Gasteiger partial charge < -0.3 is 4.90 Å². The molecule has 1 amide bonds. The third-order valence-corrected chi connectivity index (χ3v) is 5.26. The molecule has 2 aromatic carbocycles. The Hall–Kier alpha value is -3.06. The fourth-order valence-electron chi connectivity index (χ4n) is 3.78. The zero-order chi connectivity index (χ0) is 20.4. The number of aromatic amines is 1. The molecule has 1 N–H and O–H groups in total. The number of aromatic nitrogens is 2. The first-order valence-corrected chi connectivity index (χ1v) is 9.57. The SMILES string of the molecule is Cc1cc(C(=O)N2CCN(C(c3ccc(F)cc3)c3ccc(F)cc3)CC2)n[nH]1. The molecule has 3 aromatic rings. The lowest BCUT2D eigenvalue weighted by atomic mass is 9.96. The zero-order valence-electron chi connectivity index (χ0n) is 16.1. The number of amides is 1. The van der Waals surface area contributed by atoms with E-state index in [-0.39, 0.29) is 23.6 Å². The molecule has 0 unspecified atom stereocenters. The summed E-state index contributed by atoms with van der Waals surface area (Å²) < 4.78 is 26.9. The van der Waals surface area contributed by atoms with Crippen molar-refractivity contribution in [2.24, 2.45) is 0 Å². The number of aryl methyl sites for hydroxylation is 1. The van der Waals surface area contributed by atoms with Crippen LogP contribution in [0, 0.1) is 18.6 Å². The largest absolute Gasteiger partial charge is 0.335 e. The molecule has 1 aliphatic heterocycles. The van der Waals surface area contributed by atoms with Crippen LogP contribution < -0.4 is 0 Å². The fourth-order valence-corrected chi connectivity index (χ4v) is 3.78. The Morgan fingerprint density at radius 3 is 1.90 bits per heavy atom. The third-order valence-electron chi connectivity index (χ3n) is 5.26. The molecule has 4 rings (SSSR count). The summed E-state index contributed by atoms with van der Waals surface area (Å²) in [5, 5.41) is 6.85. The maximum atomic E-state index is 13.4. The van der Waals surface area contributed by atoms with Crippen LogP contribution in [0.25, 0.3) is 0 Å². The number of piperazine rings is 1. The number of benzene rings is 2. The van der Waals surface area contributed by atoms with Crippen LogP contribution in [0.1, 0.15) is 33.4 Å². The number of halogens is 2. The van der Waals surface area contributed by atoms with Crippen molar-refractivity contribution in [1.29, 1.82) is 0 Å². The number of carbonyl (C=O) groups excluding carboxylic acids is 1. The summed E-state index contributed by atoms with van der Waals surface area (Å²) in [4.78, 5) is 16.7. The maximum Gasteiger partial charge on any atom is 0.274 e. The molecule has 0 bridgehead atoms. The van der Waals surface area contributed by atoms with Crippen LogP contribution in [-0.2, 0) is 0 Å². The van der Waals surface area contributed by atoms with Crippen LogP contribution in [0.2, 0.25) is 0 Å². The van der Waals surface area contributed by atoms with E-state index in [2.05, 4.69) is 15.1 Å². The summed E-state index contributed by atoms with van der Waals surface area (Å²) in [6.07, 6.45) is 0. The number of carbonyl (C=O) groups is 1. The Labute approximate surface area is 168 Å². The summed E-state index contributed by atoms with van der Waals surface area (Å²) in [6.45, 7) is 4.27. The molecule has 0 radical (unpaired) electrons. The number of H-pyrrole nitrogens is 1. The van der Waals surface area contributed by atoms with E-state index >= 15 is 0 Å². The zero-order valence-corrected chi connectivity index (χ0v) is 16.1. The van der Waals surface area contributed by atoms with Crippen molar-refractivity contribution in [2.75, 3.05) is 26.2 Å². The first-order chi connectivity index (χ1) is 14.0. The minimum atomic E-state index is -0.295. The van der Waals surface area contributed by atoms with Crippen molar-refractivity contribution in [3.05, 3.63) is 88.7 Å². The molecule has 0 atom stereocenters.